The van der Waals surface area contributed by atoms with E-state index in [-0.39, 0.29) is 0 Å². The molecule has 0 radical (unpaired) electrons. The maximum Gasteiger partial charge on any atom is 0.164 e. The number of benzene rings is 9. The third kappa shape index (κ3) is 5.78. The van der Waals surface area contributed by atoms with E-state index in [2.05, 4.69) is 182 Å². The Morgan fingerprint density at radius 2 is 0.789 bits per heavy atom. The van der Waals surface area contributed by atoms with Gasteiger partial charge in [-0.3, -0.25) is 0 Å². The van der Waals surface area contributed by atoms with Crippen molar-refractivity contribution in [3.05, 3.63) is 200 Å². The topological polar surface area (TPSA) is 38.7 Å². The summed E-state index contributed by atoms with van der Waals surface area (Å²) in [6.07, 6.45) is 0. The van der Waals surface area contributed by atoms with Gasteiger partial charge in [-0.15, -0.1) is 11.3 Å². The monoisotopic (exact) mass is 743 g/mol. The Morgan fingerprint density at radius 3 is 1.47 bits per heavy atom. The van der Waals surface area contributed by atoms with E-state index in [0.29, 0.717) is 17.5 Å². The second kappa shape index (κ2) is 13.8. The molecule has 9 aromatic carbocycles. The quantitative estimate of drug-likeness (QED) is 0.159. The smallest absolute Gasteiger partial charge is 0.164 e. The second-order valence-corrected chi connectivity index (χ2v) is 15.3. The number of hydrogen-bond donors (Lipinski definition) is 0. The maximum atomic E-state index is 5.44. The molecule has 3 nitrogen and oxygen atoms in total. The zero-order valence-electron chi connectivity index (χ0n) is 30.8. The highest BCUT2D eigenvalue weighted by atomic mass is 32.1. The molecule has 0 amide bonds. The van der Waals surface area contributed by atoms with Crippen molar-refractivity contribution in [3.8, 4) is 67.5 Å². The number of rotatable bonds is 6. The van der Waals surface area contributed by atoms with Gasteiger partial charge in [-0.1, -0.05) is 176 Å². The van der Waals surface area contributed by atoms with Gasteiger partial charge in [0.1, 0.15) is 0 Å². The van der Waals surface area contributed by atoms with Gasteiger partial charge in [-0.25, -0.2) is 15.0 Å². The fourth-order valence-electron chi connectivity index (χ4n) is 8.22. The lowest BCUT2D eigenvalue weighted by molar-refractivity contribution is 1.08. The molecule has 0 aliphatic heterocycles. The van der Waals surface area contributed by atoms with Crippen LogP contribution in [0.2, 0.25) is 0 Å². The minimum atomic E-state index is 0.641. The number of nitrogens with zero attached hydrogens (tertiary/aromatic N) is 3. The van der Waals surface area contributed by atoms with Crippen molar-refractivity contribution in [1.82, 2.24) is 15.0 Å². The highest BCUT2D eigenvalue weighted by molar-refractivity contribution is 7.27. The lowest BCUT2D eigenvalue weighted by Gasteiger charge is -2.14. The molecule has 11 aromatic rings. The molecule has 11 rings (SSSR count). The first-order chi connectivity index (χ1) is 28.3. The third-order valence-corrected chi connectivity index (χ3v) is 12.2. The van der Waals surface area contributed by atoms with Crippen molar-refractivity contribution in [2.75, 3.05) is 0 Å². The van der Waals surface area contributed by atoms with E-state index in [9.17, 15) is 0 Å². The van der Waals surface area contributed by atoms with E-state index in [4.69, 9.17) is 15.0 Å². The molecule has 4 heteroatoms. The lowest BCUT2D eigenvalue weighted by atomic mass is 9.93. The summed E-state index contributed by atoms with van der Waals surface area (Å²) in [4.78, 5) is 16.0. The number of fused-ring (bicyclic) bond motifs is 6. The van der Waals surface area contributed by atoms with Gasteiger partial charge in [0.25, 0.3) is 0 Å². The van der Waals surface area contributed by atoms with E-state index in [1.807, 2.05) is 29.5 Å². The van der Waals surface area contributed by atoms with Gasteiger partial charge in [-0.2, -0.15) is 0 Å². The molecule has 0 saturated carbocycles. The first-order valence-corrected chi connectivity index (χ1v) is 20.0. The highest BCUT2D eigenvalue weighted by Gasteiger charge is 2.23. The Bertz CT molecular complexity index is 3270. The van der Waals surface area contributed by atoms with Gasteiger partial charge in [0.2, 0.25) is 0 Å². The van der Waals surface area contributed by atoms with Crippen LogP contribution in [0.15, 0.2) is 200 Å². The summed E-state index contributed by atoms with van der Waals surface area (Å²) in [7, 11) is 0. The fraction of sp³-hybridized carbons (Fsp3) is 0. The summed E-state index contributed by atoms with van der Waals surface area (Å²) in [5, 5.41) is 6.97. The summed E-state index contributed by atoms with van der Waals surface area (Å²) in [5.74, 6) is 1.94. The van der Waals surface area contributed by atoms with E-state index >= 15 is 0 Å². The van der Waals surface area contributed by atoms with E-state index in [1.54, 1.807) is 0 Å². The average molecular weight is 744 g/mol. The molecule has 0 unspecified atom stereocenters. The first kappa shape index (κ1) is 33.1. The molecule has 266 valence electrons. The fourth-order valence-corrected chi connectivity index (χ4v) is 9.60. The van der Waals surface area contributed by atoms with Gasteiger partial charge in [0, 0.05) is 42.4 Å². The molecule has 0 spiro atoms. The van der Waals surface area contributed by atoms with Crippen LogP contribution in [0.4, 0.5) is 0 Å². The molecular formula is C53H33N3S. The Hall–Kier alpha value is -7.27. The van der Waals surface area contributed by atoms with Crippen molar-refractivity contribution >= 4 is 53.1 Å². The molecule has 2 heterocycles. The Balaban J connectivity index is 1.26. The summed E-state index contributed by atoms with van der Waals surface area (Å²) in [6.45, 7) is 0. The summed E-state index contributed by atoms with van der Waals surface area (Å²) in [5.41, 5.74) is 10.0. The number of thiophene rings is 1. The zero-order chi connectivity index (χ0) is 37.7. The number of aromatic nitrogens is 3. The van der Waals surface area contributed by atoms with E-state index in [1.165, 1.54) is 58.9 Å². The highest BCUT2D eigenvalue weighted by Crippen LogP contribution is 2.49. The van der Waals surface area contributed by atoms with Crippen LogP contribution < -0.4 is 0 Å². The van der Waals surface area contributed by atoms with Crippen molar-refractivity contribution in [3.63, 3.8) is 0 Å². The second-order valence-electron chi connectivity index (χ2n) is 14.3. The van der Waals surface area contributed by atoms with Crippen LogP contribution in [0.3, 0.4) is 0 Å². The average Bonchev–Trinajstić information content (AvgIpc) is 3.69. The van der Waals surface area contributed by atoms with Gasteiger partial charge in [0.15, 0.2) is 17.5 Å². The predicted octanol–water partition coefficient (Wildman–Crippen LogP) is 14.5. The van der Waals surface area contributed by atoms with E-state index < -0.39 is 0 Å². The van der Waals surface area contributed by atoms with Crippen LogP contribution in [0, 0.1) is 0 Å². The lowest BCUT2D eigenvalue weighted by Crippen LogP contribution is -2.01. The van der Waals surface area contributed by atoms with E-state index in [0.717, 1.165) is 32.8 Å². The van der Waals surface area contributed by atoms with Crippen molar-refractivity contribution in [2.24, 2.45) is 0 Å². The van der Waals surface area contributed by atoms with Crippen molar-refractivity contribution < 1.29 is 0 Å². The Morgan fingerprint density at radius 1 is 0.281 bits per heavy atom. The van der Waals surface area contributed by atoms with Crippen molar-refractivity contribution in [2.45, 2.75) is 0 Å². The van der Waals surface area contributed by atoms with Gasteiger partial charge in [-0.05, 0) is 73.6 Å². The summed E-state index contributed by atoms with van der Waals surface area (Å²) < 4.78 is 2.44. The molecule has 57 heavy (non-hydrogen) atoms. The molecular weight excluding hydrogens is 711 g/mol. The summed E-state index contributed by atoms with van der Waals surface area (Å²) in [6, 6.07) is 71.0. The standard InChI is InChI=1S/C53H33N3S/c1-5-17-34(18-6-1)39-32-45(36-21-9-3-10-22-36)49-47(33-39)48-44(30-29-41(50(48)57-49)35-19-7-2-8-20-35)52-54-51(37-23-11-4-12-24-37)55-53(56-52)46-31-38-25-13-14-26-40(38)42-27-15-16-28-43(42)46/h1-33H. The first-order valence-electron chi connectivity index (χ1n) is 19.2. The zero-order valence-corrected chi connectivity index (χ0v) is 31.6. The molecule has 0 N–H and O–H groups in total. The molecule has 0 saturated heterocycles. The SMILES string of the molecule is c1ccc(-c2cc(-c3ccccc3)c3sc4c(-c5ccccc5)ccc(-c5nc(-c6ccccc6)nc(-c6cc7ccccc7c7ccccc67)n5)c4c3c2)cc1. The minimum Gasteiger partial charge on any atom is -0.208 e. The van der Waals surface area contributed by atoms with Gasteiger partial charge in [0.05, 0.1) is 0 Å². The van der Waals surface area contributed by atoms with Gasteiger partial charge < -0.3 is 0 Å². The Labute approximate surface area is 334 Å². The van der Waals surface area contributed by atoms with Crippen LogP contribution in [-0.4, -0.2) is 15.0 Å². The molecule has 0 aliphatic carbocycles. The minimum absolute atomic E-state index is 0.641. The molecule has 0 aliphatic rings. The van der Waals surface area contributed by atoms with Gasteiger partial charge >= 0.3 is 0 Å². The molecule has 2 aromatic heterocycles. The van der Waals surface area contributed by atoms with Crippen molar-refractivity contribution in [1.29, 1.82) is 0 Å². The molecule has 0 bridgehead atoms. The van der Waals surface area contributed by atoms with Crippen LogP contribution >= 0.6 is 11.3 Å². The van der Waals surface area contributed by atoms with Crippen LogP contribution in [-0.2, 0) is 0 Å². The predicted molar refractivity (Wildman–Crippen MR) is 240 cm³/mol. The molecule has 0 fully saturated rings. The largest absolute Gasteiger partial charge is 0.208 e. The van der Waals surface area contributed by atoms with Crippen LogP contribution in [0.25, 0.3) is 109 Å². The number of hydrogen-bond acceptors (Lipinski definition) is 4. The molecule has 0 atom stereocenters. The van der Waals surface area contributed by atoms with Crippen LogP contribution in [0.1, 0.15) is 0 Å². The maximum absolute atomic E-state index is 5.44. The normalized spacial score (nSPS) is 11.5. The Kier molecular flexibility index (Phi) is 8.01. The summed E-state index contributed by atoms with van der Waals surface area (Å²) >= 11 is 1.85. The third-order valence-electron chi connectivity index (χ3n) is 10.9. The van der Waals surface area contributed by atoms with Crippen LogP contribution in [0.5, 0.6) is 0 Å².